The van der Waals surface area contributed by atoms with Crippen LogP contribution in [0.15, 0.2) is 0 Å². The van der Waals surface area contributed by atoms with Crippen LogP contribution in [0.1, 0.15) is 32.6 Å². The summed E-state index contributed by atoms with van der Waals surface area (Å²) in [6.07, 6.45) is 4.55. The van der Waals surface area contributed by atoms with Gasteiger partial charge in [0.05, 0.1) is 5.92 Å². The SMILES string of the molecule is CC1(CN2CCCC(C(=O)O)C2)CC1. The van der Waals surface area contributed by atoms with Crippen molar-refractivity contribution in [2.24, 2.45) is 11.3 Å². The van der Waals surface area contributed by atoms with E-state index in [2.05, 4.69) is 11.8 Å². The highest BCUT2D eigenvalue weighted by atomic mass is 16.4. The summed E-state index contributed by atoms with van der Waals surface area (Å²) in [6, 6.07) is 0. The van der Waals surface area contributed by atoms with Crippen molar-refractivity contribution in [2.75, 3.05) is 19.6 Å². The summed E-state index contributed by atoms with van der Waals surface area (Å²) in [6.45, 7) is 5.28. The fraction of sp³-hybridized carbons (Fsp3) is 0.909. The number of likely N-dealkylation sites (tertiary alicyclic amines) is 1. The number of carboxylic acid groups (broad SMARTS) is 1. The van der Waals surface area contributed by atoms with Crippen molar-refractivity contribution in [1.82, 2.24) is 4.90 Å². The number of aliphatic carboxylic acids is 1. The monoisotopic (exact) mass is 197 g/mol. The van der Waals surface area contributed by atoms with Gasteiger partial charge in [-0.15, -0.1) is 0 Å². The van der Waals surface area contributed by atoms with E-state index in [1.807, 2.05) is 0 Å². The number of hydrogen-bond donors (Lipinski definition) is 1. The molecule has 1 aliphatic carbocycles. The molecule has 3 nitrogen and oxygen atoms in total. The van der Waals surface area contributed by atoms with Crippen molar-refractivity contribution in [3.63, 3.8) is 0 Å². The van der Waals surface area contributed by atoms with E-state index >= 15 is 0 Å². The Morgan fingerprint density at radius 3 is 2.86 bits per heavy atom. The minimum Gasteiger partial charge on any atom is -0.481 e. The molecular weight excluding hydrogens is 178 g/mol. The lowest BCUT2D eigenvalue weighted by atomic mass is 9.97. The first kappa shape index (κ1) is 9.97. The van der Waals surface area contributed by atoms with Gasteiger partial charge in [0.2, 0.25) is 0 Å². The smallest absolute Gasteiger partial charge is 0.307 e. The van der Waals surface area contributed by atoms with Crippen molar-refractivity contribution >= 4 is 5.97 Å². The number of hydrogen-bond acceptors (Lipinski definition) is 2. The summed E-state index contributed by atoms with van der Waals surface area (Å²) in [5, 5.41) is 8.94. The molecule has 0 aromatic heterocycles. The minimum atomic E-state index is -0.615. The molecule has 2 rings (SSSR count). The Morgan fingerprint density at radius 1 is 1.57 bits per heavy atom. The molecule has 3 heteroatoms. The summed E-state index contributed by atoms with van der Waals surface area (Å²) in [5.74, 6) is -0.734. The van der Waals surface area contributed by atoms with Gasteiger partial charge in [-0.2, -0.15) is 0 Å². The molecule has 1 unspecified atom stereocenters. The van der Waals surface area contributed by atoms with E-state index in [-0.39, 0.29) is 5.92 Å². The normalized spacial score (nSPS) is 31.4. The Morgan fingerprint density at radius 2 is 2.29 bits per heavy atom. The van der Waals surface area contributed by atoms with Crippen molar-refractivity contribution in [1.29, 1.82) is 0 Å². The van der Waals surface area contributed by atoms with E-state index in [0.717, 1.165) is 32.5 Å². The Bertz CT molecular complexity index is 235. The molecule has 0 aromatic carbocycles. The summed E-state index contributed by atoms with van der Waals surface area (Å²) in [7, 11) is 0. The maximum atomic E-state index is 10.9. The Kier molecular flexibility index (Phi) is 2.52. The number of nitrogens with zero attached hydrogens (tertiary/aromatic N) is 1. The van der Waals surface area contributed by atoms with Gasteiger partial charge in [0.15, 0.2) is 0 Å². The Labute approximate surface area is 85.1 Å². The summed E-state index contributed by atoms with van der Waals surface area (Å²) >= 11 is 0. The van der Waals surface area contributed by atoms with Crippen LogP contribution in [0, 0.1) is 11.3 Å². The summed E-state index contributed by atoms with van der Waals surface area (Å²) in [4.78, 5) is 13.2. The number of carboxylic acids is 1. The van der Waals surface area contributed by atoms with Gasteiger partial charge >= 0.3 is 5.97 Å². The average molecular weight is 197 g/mol. The van der Waals surface area contributed by atoms with Crippen LogP contribution in [0.25, 0.3) is 0 Å². The third kappa shape index (κ3) is 2.27. The van der Waals surface area contributed by atoms with Crippen molar-refractivity contribution in [3.8, 4) is 0 Å². The molecule has 0 spiro atoms. The third-order valence-electron chi connectivity index (χ3n) is 3.56. The molecular formula is C11H19NO2. The molecule has 80 valence electrons. The molecule has 1 saturated carbocycles. The number of piperidine rings is 1. The molecule has 0 aromatic rings. The van der Waals surface area contributed by atoms with Crippen LogP contribution in [0.4, 0.5) is 0 Å². The first-order valence-electron chi connectivity index (χ1n) is 5.54. The highest BCUT2D eigenvalue weighted by Gasteiger charge is 2.40. The van der Waals surface area contributed by atoms with E-state index in [0.29, 0.717) is 5.41 Å². The number of carbonyl (C=O) groups is 1. The zero-order valence-electron chi connectivity index (χ0n) is 8.83. The lowest BCUT2D eigenvalue weighted by molar-refractivity contribution is -0.143. The van der Waals surface area contributed by atoms with E-state index < -0.39 is 5.97 Å². The fourth-order valence-corrected chi connectivity index (χ4v) is 2.31. The predicted molar refractivity (Wildman–Crippen MR) is 54.1 cm³/mol. The van der Waals surface area contributed by atoms with Crippen LogP contribution in [-0.2, 0) is 4.79 Å². The van der Waals surface area contributed by atoms with Crippen molar-refractivity contribution < 1.29 is 9.90 Å². The molecule has 14 heavy (non-hydrogen) atoms. The van der Waals surface area contributed by atoms with Gasteiger partial charge in [0.25, 0.3) is 0 Å². The van der Waals surface area contributed by atoms with Crippen LogP contribution in [-0.4, -0.2) is 35.6 Å². The third-order valence-corrected chi connectivity index (χ3v) is 3.56. The molecule has 2 fully saturated rings. The van der Waals surface area contributed by atoms with Crippen LogP contribution in [0.5, 0.6) is 0 Å². The molecule has 0 amide bonds. The molecule has 0 radical (unpaired) electrons. The largest absolute Gasteiger partial charge is 0.481 e. The second-order valence-corrected chi connectivity index (χ2v) is 5.22. The molecule has 1 N–H and O–H groups in total. The molecule has 1 aliphatic heterocycles. The lowest BCUT2D eigenvalue weighted by Crippen LogP contribution is -2.41. The van der Waals surface area contributed by atoms with Gasteiger partial charge in [-0.05, 0) is 37.6 Å². The predicted octanol–water partition coefficient (Wildman–Crippen LogP) is 1.58. The van der Waals surface area contributed by atoms with Crippen molar-refractivity contribution in [3.05, 3.63) is 0 Å². The second-order valence-electron chi connectivity index (χ2n) is 5.22. The van der Waals surface area contributed by atoms with Crippen LogP contribution >= 0.6 is 0 Å². The highest BCUT2D eigenvalue weighted by molar-refractivity contribution is 5.70. The maximum Gasteiger partial charge on any atom is 0.307 e. The lowest BCUT2D eigenvalue weighted by Gasteiger charge is -2.32. The first-order chi connectivity index (χ1) is 6.59. The van der Waals surface area contributed by atoms with Gasteiger partial charge in [0, 0.05) is 13.1 Å². The summed E-state index contributed by atoms with van der Waals surface area (Å²) < 4.78 is 0. The molecule has 2 aliphatic rings. The molecule has 1 heterocycles. The maximum absolute atomic E-state index is 10.9. The van der Waals surface area contributed by atoms with Crippen LogP contribution in [0.3, 0.4) is 0 Å². The van der Waals surface area contributed by atoms with Gasteiger partial charge in [-0.25, -0.2) is 0 Å². The van der Waals surface area contributed by atoms with Crippen LogP contribution in [0.2, 0.25) is 0 Å². The second kappa shape index (κ2) is 3.54. The van der Waals surface area contributed by atoms with E-state index in [4.69, 9.17) is 5.11 Å². The van der Waals surface area contributed by atoms with Crippen LogP contribution < -0.4 is 0 Å². The zero-order valence-corrected chi connectivity index (χ0v) is 8.83. The van der Waals surface area contributed by atoms with E-state index in [1.165, 1.54) is 12.8 Å². The average Bonchev–Trinajstić information content (AvgIpc) is 2.83. The molecule has 0 bridgehead atoms. The molecule has 1 atom stereocenters. The van der Waals surface area contributed by atoms with Gasteiger partial charge in [-0.3, -0.25) is 4.79 Å². The van der Waals surface area contributed by atoms with E-state index in [9.17, 15) is 4.79 Å². The standard InChI is InChI=1S/C11H19NO2/c1-11(4-5-11)8-12-6-2-3-9(7-12)10(13)14/h9H,2-8H2,1H3,(H,13,14). The van der Waals surface area contributed by atoms with Gasteiger partial charge in [0.1, 0.15) is 0 Å². The van der Waals surface area contributed by atoms with Gasteiger partial charge < -0.3 is 10.0 Å². The fourth-order valence-electron chi connectivity index (χ4n) is 2.31. The Balaban J connectivity index is 1.84. The Hall–Kier alpha value is -0.570. The topological polar surface area (TPSA) is 40.5 Å². The quantitative estimate of drug-likeness (QED) is 0.746. The minimum absolute atomic E-state index is 0.119. The zero-order chi connectivity index (χ0) is 10.2. The van der Waals surface area contributed by atoms with E-state index in [1.54, 1.807) is 0 Å². The molecule has 1 saturated heterocycles. The number of rotatable bonds is 3. The highest BCUT2D eigenvalue weighted by Crippen LogP contribution is 2.45. The van der Waals surface area contributed by atoms with Gasteiger partial charge in [-0.1, -0.05) is 6.92 Å². The van der Waals surface area contributed by atoms with Crippen molar-refractivity contribution in [2.45, 2.75) is 32.6 Å². The summed E-state index contributed by atoms with van der Waals surface area (Å²) in [5.41, 5.74) is 0.514. The first-order valence-corrected chi connectivity index (χ1v) is 5.54.